The van der Waals surface area contributed by atoms with Gasteiger partial charge in [0.1, 0.15) is 11.3 Å². The summed E-state index contributed by atoms with van der Waals surface area (Å²) in [5.74, 6) is 0.757. The van der Waals surface area contributed by atoms with Crippen molar-refractivity contribution in [1.29, 1.82) is 0 Å². The number of benzene rings is 1. The molecule has 4 rings (SSSR count). The fourth-order valence-electron chi connectivity index (χ4n) is 4.02. The van der Waals surface area contributed by atoms with Crippen molar-refractivity contribution in [1.82, 2.24) is 25.1 Å². The predicted octanol–water partition coefficient (Wildman–Crippen LogP) is 3.85. The number of carbonyl (C=O) groups is 1. The van der Waals surface area contributed by atoms with E-state index in [9.17, 15) is 18.0 Å². The summed E-state index contributed by atoms with van der Waals surface area (Å²) in [6.45, 7) is 4.80. The van der Waals surface area contributed by atoms with E-state index < -0.39 is 11.7 Å². The highest BCUT2D eigenvalue weighted by atomic mass is 19.4. The average molecular weight is 421 g/mol. The Labute approximate surface area is 170 Å². The molecule has 7 nitrogen and oxygen atoms in total. The van der Waals surface area contributed by atoms with Crippen LogP contribution in [0, 0.1) is 13.8 Å². The molecule has 1 atom stereocenters. The fourth-order valence-corrected chi connectivity index (χ4v) is 4.02. The van der Waals surface area contributed by atoms with Gasteiger partial charge in [0.15, 0.2) is 0 Å². The standard InChI is InChI=1S/C20H22F3N5O2/c1-12-16(13(2)30-25-12)6-8-19(29)27-9-3-4-15(11-27)28-18-7-5-14(20(21,22)23)10-17(18)24-26-28/h5,7,10,15H,3-4,6,8-9,11H2,1-2H3/t15-/m0/s1. The number of amides is 1. The van der Waals surface area contributed by atoms with E-state index >= 15 is 0 Å². The van der Waals surface area contributed by atoms with Crippen LogP contribution in [0.2, 0.25) is 0 Å². The van der Waals surface area contributed by atoms with E-state index in [1.165, 1.54) is 6.07 Å². The Balaban J connectivity index is 1.46. The first-order valence-electron chi connectivity index (χ1n) is 9.85. The Bertz CT molecular complexity index is 1050. The number of nitrogens with zero attached hydrogens (tertiary/aromatic N) is 5. The van der Waals surface area contributed by atoms with Crippen LogP contribution in [-0.4, -0.2) is 44.0 Å². The van der Waals surface area contributed by atoms with Crippen LogP contribution >= 0.6 is 0 Å². The summed E-state index contributed by atoms with van der Waals surface area (Å²) in [7, 11) is 0. The fraction of sp³-hybridized carbons (Fsp3) is 0.500. The summed E-state index contributed by atoms with van der Waals surface area (Å²) in [5, 5.41) is 11.9. The monoisotopic (exact) mass is 421 g/mol. The van der Waals surface area contributed by atoms with E-state index in [-0.39, 0.29) is 17.5 Å². The molecule has 1 aliphatic heterocycles. The van der Waals surface area contributed by atoms with Crippen molar-refractivity contribution in [3.05, 3.63) is 40.8 Å². The third kappa shape index (κ3) is 3.90. The van der Waals surface area contributed by atoms with Crippen LogP contribution in [0.3, 0.4) is 0 Å². The van der Waals surface area contributed by atoms with Gasteiger partial charge in [0.05, 0.1) is 22.8 Å². The number of rotatable bonds is 4. The maximum absolute atomic E-state index is 12.9. The molecule has 30 heavy (non-hydrogen) atoms. The minimum absolute atomic E-state index is 0.0310. The average Bonchev–Trinajstić information content (AvgIpc) is 3.28. The zero-order valence-electron chi connectivity index (χ0n) is 16.7. The predicted molar refractivity (Wildman–Crippen MR) is 102 cm³/mol. The van der Waals surface area contributed by atoms with Crippen molar-refractivity contribution in [2.24, 2.45) is 0 Å². The van der Waals surface area contributed by atoms with E-state index in [0.717, 1.165) is 42.0 Å². The number of aryl methyl sites for hydroxylation is 2. The zero-order valence-corrected chi connectivity index (χ0v) is 16.7. The molecule has 0 radical (unpaired) electrons. The number of halogens is 3. The van der Waals surface area contributed by atoms with Gasteiger partial charge in [-0.15, -0.1) is 5.10 Å². The van der Waals surface area contributed by atoms with Crippen molar-refractivity contribution in [2.75, 3.05) is 13.1 Å². The molecule has 3 heterocycles. The molecule has 10 heteroatoms. The van der Waals surface area contributed by atoms with Crippen molar-refractivity contribution in [3.63, 3.8) is 0 Å². The number of aromatic nitrogens is 4. The molecule has 0 aliphatic carbocycles. The van der Waals surface area contributed by atoms with Crippen LogP contribution in [0.1, 0.15) is 47.9 Å². The minimum Gasteiger partial charge on any atom is -0.361 e. The molecule has 0 saturated carbocycles. The Kier molecular flexibility index (Phi) is 5.25. The molecule has 1 fully saturated rings. The van der Waals surface area contributed by atoms with Crippen molar-refractivity contribution in [2.45, 2.75) is 51.7 Å². The summed E-state index contributed by atoms with van der Waals surface area (Å²) in [5.41, 5.74) is 1.75. The lowest BCUT2D eigenvalue weighted by Gasteiger charge is -2.33. The largest absolute Gasteiger partial charge is 0.416 e. The van der Waals surface area contributed by atoms with Crippen LogP contribution in [0.5, 0.6) is 0 Å². The van der Waals surface area contributed by atoms with Gasteiger partial charge in [-0.1, -0.05) is 10.4 Å². The van der Waals surface area contributed by atoms with Crippen molar-refractivity contribution in [3.8, 4) is 0 Å². The van der Waals surface area contributed by atoms with E-state index in [4.69, 9.17) is 4.52 Å². The van der Waals surface area contributed by atoms with Gasteiger partial charge in [-0.3, -0.25) is 4.79 Å². The molecule has 3 aromatic rings. The van der Waals surface area contributed by atoms with Gasteiger partial charge >= 0.3 is 6.18 Å². The molecule has 0 spiro atoms. The van der Waals surface area contributed by atoms with Crippen LogP contribution < -0.4 is 0 Å². The first-order chi connectivity index (χ1) is 14.2. The Morgan fingerprint density at radius 1 is 1.30 bits per heavy atom. The molecule has 1 aliphatic rings. The first kappa shape index (κ1) is 20.4. The van der Waals surface area contributed by atoms with Gasteiger partial charge in [0.2, 0.25) is 5.91 Å². The molecule has 0 N–H and O–H groups in total. The highest BCUT2D eigenvalue weighted by Gasteiger charge is 2.32. The topological polar surface area (TPSA) is 77.0 Å². The molecule has 1 saturated heterocycles. The van der Waals surface area contributed by atoms with Crippen molar-refractivity contribution >= 4 is 16.9 Å². The Hall–Kier alpha value is -2.91. The van der Waals surface area contributed by atoms with E-state index in [1.54, 1.807) is 9.58 Å². The van der Waals surface area contributed by atoms with Gasteiger partial charge in [-0.05, 0) is 51.3 Å². The van der Waals surface area contributed by atoms with Gasteiger partial charge in [0, 0.05) is 25.1 Å². The maximum atomic E-state index is 12.9. The van der Waals surface area contributed by atoms with E-state index in [0.29, 0.717) is 31.4 Å². The number of hydrogen-bond acceptors (Lipinski definition) is 5. The minimum atomic E-state index is -4.42. The van der Waals surface area contributed by atoms with Gasteiger partial charge in [0.25, 0.3) is 0 Å². The summed E-state index contributed by atoms with van der Waals surface area (Å²) < 4.78 is 45.6. The van der Waals surface area contributed by atoms with Crippen LogP contribution in [0.4, 0.5) is 13.2 Å². The summed E-state index contributed by atoms with van der Waals surface area (Å²) >= 11 is 0. The second kappa shape index (κ2) is 7.73. The van der Waals surface area contributed by atoms with Crippen molar-refractivity contribution < 1.29 is 22.5 Å². The number of hydrogen-bond donors (Lipinski definition) is 0. The lowest BCUT2D eigenvalue weighted by molar-refractivity contribution is -0.137. The summed E-state index contributed by atoms with van der Waals surface area (Å²) in [6, 6.07) is 3.32. The quantitative estimate of drug-likeness (QED) is 0.640. The number of piperidine rings is 1. The molecule has 0 unspecified atom stereocenters. The SMILES string of the molecule is Cc1noc(C)c1CCC(=O)N1CCC[C@H](n2nnc3cc(C(F)(F)F)ccc32)C1. The molecule has 1 aromatic carbocycles. The van der Waals surface area contributed by atoms with Gasteiger partial charge < -0.3 is 9.42 Å². The lowest BCUT2D eigenvalue weighted by atomic mass is 10.0. The number of alkyl halides is 3. The maximum Gasteiger partial charge on any atom is 0.416 e. The van der Waals surface area contributed by atoms with Crippen LogP contribution in [-0.2, 0) is 17.4 Å². The van der Waals surface area contributed by atoms with Gasteiger partial charge in [-0.25, -0.2) is 4.68 Å². The normalized spacial score (nSPS) is 17.6. The van der Waals surface area contributed by atoms with E-state index in [1.807, 2.05) is 13.8 Å². The second-order valence-corrected chi connectivity index (χ2v) is 7.67. The van der Waals surface area contributed by atoms with E-state index in [2.05, 4.69) is 15.5 Å². The first-order valence-corrected chi connectivity index (χ1v) is 9.85. The molecular weight excluding hydrogens is 399 g/mol. The molecule has 2 aromatic heterocycles. The molecule has 0 bridgehead atoms. The smallest absolute Gasteiger partial charge is 0.361 e. The third-order valence-corrected chi connectivity index (χ3v) is 5.66. The molecule has 1 amide bonds. The molecular formula is C20H22F3N5O2. The number of likely N-dealkylation sites (tertiary alicyclic amines) is 1. The highest BCUT2D eigenvalue weighted by molar-refractivity contribution is 5.77. The lowest BCUT2D eigenvalue weighted by Crippen LogP contribution is -2.41. The Morgan fingerprint density at radius 2 is 2.10 bits per heavy atom. The number of fused-ring (bicyclic) bond motifs is 1. The second-order valence-electron chi connectivity index (χ2n) is 7.67. The summed E-state index contributed by atoms with van der Waals surface area (Å²) in [6.07, 6.45) is -1.93. The van der Waals surface area contributed by atoms with Crippen LogP contribution in [0.25, 0.3) is 11.0 Å². The zero-order chi connectivity index (χ0) is 21.5. The molecule has 160 valence electrons. The highest BCUT2D eigenvalue weighted by Crippen LogP contribution is 2.32. The van der Waals surface area contributed by atoms with Gasteiger partial charge in [-0.2, -0.15) is 13.2 Å². The van der Waals surface area contributed by atoms with Crippen LogP contribution in [0.15, 0.2) is 22.7 Å². The Morgan fingerprint density at radius 3 is 2.80 bits per heavy atom. The third-order valence-electron chi connectivity index (χ3n) is 5.66. The number of carbonyl (C=O) groups excluding carboxylic acids is 1. The summed E-state index contributed by atoms with van der Waals surface area (Å²) in [4.78, 5) is 14.5.